The lowest BCUT2D eigenvalue weighted by atomic mass is 10.1. The van der Waals surface area contributed by atoms with Crippen LogP contribution in [0, 0.1) is 0 Å². The maximum absolute atomic E-state index is 10.4. The summed E-state index contributed by atoms with van der Waals surface area (Å²) < 4.78 is 0. The minimum Gasteiger partial charge on any atom is -0.387 e. The Morgan fingerprint density at radius 3 is 2.79 bits per heavy atom. The van der Waals surface area contributed by atoms with Gasteiger partial charge in [0.2, 0.25) is 0 Å². The molecule has 1 aliphatic rings. The zero-order valence-electron chi connectivity index (χ0n) is 11.3. The minimum absolute atomic E-state index is 0.436. The number of hydrogen-bond donors (Lipinski definition) is 1. The predicted octanol–water partition coefficient (Wildman–Crippen LogP) is 2.66. The largest absolute Gasteiger partial charge is 0.387 e. The fourth-order valence-electron chi connectivity index (χ4n) is 2.54. The summed E-state index contributed by atoms with van der Waals surface area (Å²) >= 11 is 12.1. The monoisotopic (exact) mass is 302 g/mol. The molecule has 0 unspecified atom stereocenters. The van der Waals surface area contributed by atoms with Gasteiger partial charge in [-0.2, -0.15) is 0 Å². The molecule has 2 rings (SSSR count). The fourth-order valence-corrected chi connectivity index (χ4v) is 2.96. The van der Waals surface area contributed by atoms with Crippen LogP contribution >= 0.6 is 23.2 Å². The van der Waals surface area contributed by atoms with Crippen molar-refractivity contribution >= 4 is 23.2 Å². The molecule has 1 aromatic carbocycles. The fraction of sp³-hybridized carbons (Fsp3) is 0.571. The Hall–Kier alpha value is -0.320. The molecule has 0 amide bonds. The van der Waals surface area contributed by atoms with Gasteiger partial charge in [0.05, 0.1) is 6.10 Å². The summed E-state index contributed by atoms with van der Waals surface area (Å²) in [4.78, 5) is 4.60. The van der Waals surface area contributed by atoms with Gasteiger partial charge in [0, 0.05) is 47.8 Å². The van der Waals surface area contributed by atoms with Gasteiger partial charge in [0.1, 0.15) is 0 Å². The van der Waals surface area contributed by atoms with E-state index in [0.29, 0.717) is 28.2 Å². The number of halogens is 2. The molecule has 0 aromatic heterocycles. The summed E-state index contributed by atoms with van der Waals surface area (Å²) in [6, 6.07) is 5.65. The number of benzene rings is 1. The number of piperazine rings is 1. The van der Waals surface area contributed by atoms with Crippen LogP contribution in [-0.4, -0.2) is 54.2 Å². The van der Waals surface area contributed by atoms with E-state index in [1.807, 2.05) is 0 Å². The molecule has 19 heavy (non-hydrogen) atoms. The van der Waals surface area contributed by atoms with E-state index in [0.717, 1.165) is 19.6 Å². The van der Waals surface area contributed by atoms with E-state index in [1.165, 1.54) is 0 Å². The molecule has 1 aromatic rings. The first-order valence-electron chi connectivity index (χ1n) is 6.53. The number of rotatable bonds is 3. The van der Waals surface area contributed by atoms with Crippen molar-refractivity contribution in [2.75, 3.05) is 33.2 Å². The summed E-state index contributed by atoms with van der Waals surface area (Å²) in [5.41, 5.74) is 0.709. The van der Waals surface area contributed by atoms with Crippen molar-refractivity contribution in [3.8, 4) is 0 Å². The number of aliphatic hydroxyl groups excluding tert-OH is 1. The molecule has 0 aliphatic carbocycles. The summed E-state index contributed by atoms with van der Waals surface area (Å²) in [6.45, 7) is 5.79. The minimum atomic E-state index is -0.600. The first-order chi connectivity index (χ1) is 8.97. The predicted molar refractivity (Wildman–Crippen MR) is 80.0 cm³/mol. The molecule has 1 heterocycles. The van der Waals surface area contributed by atoms with Crippen LogP contribution in [0.3, 0.4) is 0 Å². The van der Waals surface area contributed by atoms with Gasteiger partial charge in [-0.05, 0) is 32.2 Å². The first kappa shape index (κ1) is 15.1. The Bertz CT molecular complexity index is 441. The van der Waals surface area contributed by atoms with E-state index in [9.17, 15) is 5.11 Å². The van der Waals surface area contributed by atoms with Crippen molar-refractivity contribution in [2.45, 2.75) is 19.1 Å². The summed E-state index contributed by atoms with van der Waals surface area (Å²) in [6.07, 6.45) is -0.600. The molecule has 1 N–H and O–H groups in total. The summed E-state index contributed by atoms with van der Waals surface area (Å²) in [7, 11) is 2.12. The van der Waals surface area contributed by atoms with E-state index in [4.69, 9.17) is 23.2 Å². The van der Waals surface area contributed by atoms with Crippen LogP contribution < -0.4 is 0 Å². The topological polar surface area (TPSA) is 26.7 Å². The summed E-state index contributed by atoms with van der Waals surface area (Å²) in [5.74, 6) is 0. The standard InChI is InChI=1S/C14H20Cl2N2O/c1-10-8-17(2)5-6-18(10)9-14(19)12-7-11(15)3-4-13(12)16/h3-4,7,10,14,19H,5-6,8-9H2,1-2H3/t10-,14-/m1/s1. The van der Waals surface area contributed by atoms with Gasteiger partial charge in [-0.15, -0.1) is 0 Å². The Kier molecular flexibility index (Phi) is 5.09. The molecule has 0 spiro atoms. The highest BCUT2D eigenvalue weighted by atomic mass is 35.5. The van der Waals surface area contributed by atoms with E-state index in [-0.39, 0.29) is 0 Å². The van der Waals surface area contributed by atoms with Crippen LogP contribution in [0.1, 0.15) is 18.6 Å². The lowest BCUT2D eigenvalue weighted by molar-refractivity contribution is 0.0474. The zero-order valence-corrected chi connectivity index (χ0v) is 12.8. The quantitative estimate of drug-likeness (QED) is 0.930. The molecule has 0 radical (unpaired) electrons. The second-order valence-electron chi connectivity index (χ2n) is 5.29. The highest BCUT2D eigenvalue weighted by Crippen LogP contribution is 2.27. The molecule has 1 aliphatic heterocycles. The SMILES string of the molecule is C[C@@H]1CN(C)CCN1C[C@@H](O)c1cc(Cl)ccc1Cl. The van der Waals surface area contributed by atoms with Gasteiger partial charge in [-0.3, -0.25) is 4.90 Å². The highest BCUT2D eigenvalue weighted by Gasteiger charge is 2.24. The number of nitrogens with zero attached hydrogens (tertiary/aromatic N) is 2. The van der Waals surface area contributed by atoms with E-state index in [2.05, 4.69) is 23.8 Å². The zero-order chi connectivity index (χ0) is 14.0. The third-order valence-corrected chi connectivity index (χ3v) is 4.27. The molecule has 0 saturated carbocycles. The molecule has 3 nitrogen and oxygen atoms in total. The van der Waals surface area contributed by atoms with Gasteiger partial charge in [0.25, 0.3) is 0 Å². The molecule has 5 heteroatoms. The number of hydrogen-bond acceptors (Lipinski definition) is 3. The maximum Gasteiger partial charge on any atom is 0.0931 e. The molecular formula is C14H20Cl2N2O. The highest BCUT2D eigenvalue weighted by molar-refractivity contribution is 6.33. The van der Waals surface area contributed by atoms with Crippen LogP contribution in [-0.2, 0) is 0 Å². The van der Waals surface area contributed by atoms with E-state index < -0.39 is 6.10 Å². The molecule has 1 saturated heterocycles. The van der Waals surface area contributed by atoms with Gasteiger partial charge < -0.3 is 10.0 Å². The van der Waals surface area contributed by atoms with Crippen LogP contribution in [0.15, 0.2) is 18.2 Å². The first-order valence-corrected chi connectivity index (χ1v) is 7.28. The average molecular weight is 303 g/mol. The Morgan fingerprint density at radius 2 is 2.11 bits per heavy atom. The van der Waals surface area contributed by atoms with Crippen molar-refractivity contribution in [3.63, 3.8) is 0 Å². The number of likely N-dealkylation sites (N-methyl/N-ethyl adjacent to an activating group) is 1. The smallest absolute Gasteiger partial charge is 0.0931 e. The third kappa shape index (κ3) is 3.83. The van der Waals surface area contributed by atoms with E-state index in [1.54, 1.807) is 18.2 Å². The summed E-state index contributed by atoms with van der Waals surface area (Å²) in [5, 5.41) is 11.5. The average Bonchev–Trinajstić information content (AvgIpc) is 2.35. The maximum atomic E-state index is 10.4. The molecule has 0 bridgehead atoms. The van der Waals surface area contributed by atoms with Crippen molar-refractivity contribution < 1.29 is 5.11 Å². The van der Waals surface area contributed by atoms with E-state index >= 15 is 0 Å². The van der Waals surface area contributed by atoms with Crippen LogP contribution in [0.2, 0.25) is 10.0 Å². The normalized spacial score (nSPS) is 23.5. The lowest BCUT2D eigenvalue weighted by Gasteiger charge is -2.39. The molecule has 106 valence electrons. The van der Waals surface area contributed by atoms with Crippen LogP contribution in [0.5, 0.6) is 0 Å². The molecule has 2 atom stereocenters. The second kappa shape index (κ2) is 6.42. The van der Waals surface area contributed by atoms with Crippen molar-refractivity contribution in [3.05, 3.63) is 33.8 Å². The van der Waals surface area contributed by atoms with Crippen LogP contribution in [0.25, 0.3) is 0 Å². The Labute approximate surface area is 124 Å². The van der Waals surface area contributed by atoms with Crippen molar-refractivity contribution in [1.82, 2.24) is 9.80 Å². The van der Waals surface area contributed by atoms with Gasteiger partial charge >= 0.3 is 0 Å². The molecular weight excluding hydrogens is 283 g/mol. The van der Waals surface area contributed by atoms with Gasteiger partial charge in [-0.1, -0.05) is 23.2 Å². The molecule has 1 fully saturated rings. The third-order valence-electron chi connectivity index (χ3n) is 3.69. The second-order valence-corrected chi connectivity index (χ2v) is 6.13. The van der Waals surface area contributed by atoms with Gasteiger partial charge in [-0.25, -0.2) is 0 Å². The van der Waals surface area contributed by atoms with Gasteiger partial charge in [0.15, 0.2) is 0 Å². The number of β-amino-alcohol motifs (C(OH)–C–C–N with tert-alkyl or cyclic N) is 1. The Balaban J connectivity index is 2.04. The van der Waals surface area contributed by atoms with Crippen LogP contribution in [0.4, 0.5) is 0 Å². The van der Waals surface area contributed by atoms with Crippen molar-refractivity contribution in [1.29, 1.82) is 0 Å². The Morgan fingerprint density at radius 1 is 1.37 bits per heavy atom. The van der Waals surface area contributed by atoms with Crippen molar-refractivity contribution in [2.24, 2.45) is 0 Å². The lowest BCUT2D eigenvalue weighted by Crippen LogP contribution is -2.51. The number of aliphatic hydroxyl groups is 1.